The summed E-state index contributed by atoms with van der Waals surface area (Å²) in [6, 6.07) is 28.4. The molecule has 0 aromatic heterocycles. The summed E-state index contributed by atoms with van der Waals surface area (Å²) in [7, 11) is 0. The Morgan fingerprint density at radius 1 is 0.878 bits per heavy atom. The van der Waals surface area contributed by atoms with E-state index in [0.717, 1.165) is 18.4 Å². The molecule has 0 radical (unpaired) electrons. The number of benzodiazepines with no additional fused rings is 1. The number of carbonyl (C=O) groups excluding carboxylic acids is 3. The van der Waals surface area contributed by atoms with Gasteiger partial charge in [-0.2, -0.15) is 13.2 Å². The molecule has 0 spiro atoms. The number of alkyl halides is 3. The standard InChI is InChI=1S/C26H27F3N4O3.C6H6.C3H8.2C2H6/c27-26(28,29)13-12-18(14-21(30)34)24(35)32-23-25(36)33(15-16-10-11-16)20-9-5-4-8-19(20)22(31-23)17-6-2-1-3-7-17;1-2-4-6-5-3-1;1-3-2;2*1-2/h1-9,16,18,23H,10-15H2,(H2,30,34)(H,32,35);1-6H;3H2,1-2H3;2*1-2H3. The summed E-state index contributed by atoms with van der Waals surface area (Å²) in [4.78, 5) is 44.4. The molecule has 10 heteroatoms. The van der Waals surface area contributed by atoms with Gasteiger partial charge >= 0.3 is 6.18 Å². The van der Waals surface area contributed by atoms with E-state index < -0.39 is 55.2 Å². The second-order valence-electron chi connectivity index (χ2n) is 11.0. The predicted molar refractivity (Wildman–Crippen MR) is 193 cm³/mol. The maximum absolute atomic E-state index is 13.7. The Morgan fingerprint density at radius 3 is 1.86 bits per heavy atom. The van der Waals surface area contributed by atoms with Gasteiger partial charge < -0.3 is 16.0 Å². The molecular formula is C39H53F3N4O3. The average molecular weight is 683 g/mol. The molecule has 1 fully saturated rings. The number of hydrogen-bond donors (Lipinski definition) is 2. The van der Waals surface area contributed by atoms with E-state index in [-0.39, 0.29) is 0 Å². The number of primary amides is 1. The number of nitrogens with one attached hydrogen (secondary N) is 1. The second-order valence-corrected chi connectivity index (χ2v) is 11.0. The first-order valence-corrected chi connectivity index (χ1v) is 17.2. The van der Waals surface area contributed by atoms with Crippen molar-refractivity contribution in [3.05, 3.63) is 102 Å². The van der Waals surface area contributed by atoms with E-state index in [1.54, 1.807) is 4.90 Å². The minimum Gasteiger partial charge on any atom is -0.370 e. The molecule has 3 aromatic rings. The molecule has 2 atom stereocenters. The van der Waals surface area contributed by atoms with E-state index in [9.17, 15) is 27.6 Å². The smallest absolute Gasteiger partial charge is 0.370 e. The van der Waals surface area contributed by atoms with Gasteiger partial charge in [0.2, 0.25) is 18.0 Å². The van der Waals surface area contributed by atoms with Crippen molar-refractivity contribution in [2.24, 2.45) is 22.6 Å². The monoisotopic (exact) mass is 682 g/mol. The van der Waals surface area contributed by atoms with Gasteiger partial charge in [-0.05, 0) is 31.2 Å². The summed E-state index contributed by atoms with van der Waals surface area (Å²) in [5.74, 6) is -3.27. The Hall–Kier alpha value is -4.47. The Labute approximate surface area is 290 Å². The molecule has 1 saturated carbocycles. The number of carbonyl (C=O) groups is 3. The molecule has 0 bridgehead atoms. The number of amides is 3. The number of hydrogen-bond acceptors (Lipinski definition) is 4. The number of nitrogens with zero attached hydrogens (tertiary/aromatic N) is 2. The van der Waals surface area contributed by atoms with Crippen LogP contribution in [-0.4, -0.2) is 42.3 Å². The van der Waals surface area contributed by atoms with Crippen LogP contribution in [0.15, 0.2) is 96.0 Å². The van der Waals surface area contributed by atoms with Crippen molar-refractivity contribution >= 4 is 29.1 Å². The predicted octanol–water partition coefficient (Wildman–Crippen LogP) is 8.71. The van der Waals surface area contributed by atoms with Crippen LogP contribution < -0.4 is 16.0 Å². The number of aliphatic imine (C=N–C) groups is 1. The Bertz CT molecular complexity index is 1390. The Kier molecular flexibility index (Phi) is 20.0. The van der Waals surface area contributed by atoms with Gasteiger partial charge in [-0.3, -0.25) is 14.4 Å². The van der Waals surface area contributed by atoms with Crippen molar-refractivity contribution in [2.45, 2.75) is 92.4 Å². The molecule has 2 aliphatic rings. The number of halogens is 3. The molecule has 2 unspecified atom stereocenters. The van der Waals surface area contributed by atoms with Crippen LogP contribution in [0.1, 0.15) is 91.2 Å². The Balaban J connectivity index is 0.000000790. The van der Waals surface area contributed by atoms with Gasteiger partial charge in [0.25, 0.3) is 5.91 Å². The fourth-order valence-corrected chi connectivity index (χ4v) is 4.64. The lowest BCUT2D eigenvalue weighted by atomic mass is 9.97. The fraction of sp³-hybridized carbons (Fsp3) is 0.436. The molecule has 7 nitrogen and oxygen atoms in total. The number of nitrogens with two attached hydrogens (primary N) is 1. The quantitative estimate of drug-likeness (QED) is 0.236. The third-order valence-electron chi connectivity index (χ3n) is 6.93. The molecule has 0 saturated heterocycles. The lowest BCUT2D eigenvalue weighted by Gasteiger charge is -2.26. The van der Waals surface area contributed by atoms with Gasteiger partial charge in [-0.25, -0.2) is 4.99 Å². The van der Waals surface area contributed by atoms with Crippen molar-refractivity contribution in [3.8, 4) is 0 Å². The topological polar surface area (TPSA) is 105 Å². The van der Waals surface area contributed by atoms with Crippen LogP contribution in [0.5, 0.6) is 0 Å². The third-order valence-corrected chi connectivity index (χ3v) is 6.93. The highest BCUT2D eigenvalue weighted by Crippen LogP contribution is 2.35. The number of anilines is 1. The number of para-hydroxylation sites is 1. The lowest BCUT2D eigenvalue weighted by molar-refractivity contribution is -0.143. The molecule has 1 aliphatic carbocycles. The van der Waals surface area contributed by atoms with E-state index in [4.69, 9.17) is 5.73 Å². The molecular weight excluding hydrogens is 629 g/mol. The van der Waals surface area contributed by atoms with Crippen molar-refractivity contribution in [3.63, 3.8) is 0 Å². The summed E-state index contributed by atoms with van der Waals surface area (Å²) >= 11 is 0. The molecule has 5 rings (SSSR count). The molecule has 49 heavy (non-hydrogen) atoms. The van der Waals surface area contributed by atoms with Gasteiger partial charge in [-0.15, -0.1) is 0 Å². The summed E-state index contributed by atoms with van der Waals surface area (Å²) in [6.07, 6.45) is -5.12. The minimum absolute atomic E-state index is 0.325. The van der Waals surface area contributed by atoms with E-state index in [1.807, 2.05) is 119 Å². The van der Waals surface area contributed by atoms with Gasteiger partial charge in [0, 0.05) is 36.4 Å². The summed E-state index contributed by atoms with van der Waals surface area (Å²) in [5.41, 5.74) is 7.75. The fourth-order valence-electron chi connectivity index (χ4n) is 4.64. The highest BCUT2D eigenvalue weighted by Gasteiger charge is 2.38. The normalized spacial score (nSPS) is 15.3. The Morgan fingerprint density at radius 2 is 1.37 bits per heavy atom. The first-order chi connectivity index (χ1) is 23.5. The van der Waals surface area contributed by atoms with Gasteiger partial charge in [0.1, 0.15) is 0 Å². The van der Waals surface area contributed by atoms with E-state index in [2.05, 4.69) is 24.2 Å². The van der Waals surface area contributed by atoms with Gasteiger partial charge in [-0.1, -0.05) is 133 Å². The van der Waals surface area contributed by atoms with Crippen molar-refractivity contribution in [1.82, 2.24) is 5.32 Å². The van der Waals surface area contributed by atoms with E-state index in [1.165, 1.54) is 6.42 Å². The zero-order chi connectivity index (χ0) is 36.8. The van der Waals surface area contributed by atoms with Crippen molar-refractivity contribution < 1.29 is 27.6 Å². The molecule has 3 N–H and O–H groups in total. The van der Waals surface area contributed by atoms with Crippen molar-refractivity contribution in [2.75, 3.05) is 11.4 Å². The first-order valence-electron chi connectivity index (χ1n) is 17.2. The van der Waals surface area contributed by atoms with Crippen LogP contribution in [0.2, 0.25) is 0 Å². The summed E-state index contributed by atoms with van der Waals surface area (Å²) in [6.45, 7) is 12.7. The van der Waals surface area contributed by atoms with Gasteiger partial charge in [0.15, 0.2) is 0 Å². The number of fused-ring (bicyclic) bond motifs is 1. The maximum atomic E-state index is 13.7. The van der Waals surface area contributed by atoms with Crippen LogP contribution >= 0.6 is 0 Å². The van der Waals surface area contributed by atoms with E-state index >= 15 is 0 Å². The van der Waals surface area contributed by atoms with Crippen LogP contribution in [0.25, 0.3) is 0 Å². The molecule has 1 heterocycles. The third kappa shape index (κ3) is 15.5. The number of benzene rings is 3. The summed E-state index contributed by atoms with van der Waals surface area (Å²) < 4.78 is 38.5. The maximum Gasteiger partial charge on any atom is 0.389 e. The number of rotatable bonds is 9. The zero-order valence-electron chi connectivity index (χ0n) is 29.7. The lowest BCUT2D eigenvalue weighted by Crippen LogP contribution is -2.49. The zero-order valence-corrected chi connectivity index (χ0v) is 29.7. The first kappa shape index (κ1) is 42.6. The van der Waals surface area contributed by atoms with Gasteiger partial charge in [0.05, 0.1) is 11.4 Å². The van der Waals surface area contributed by atoms with Crippen LogP contribution in [-0.2, 0) is 14.4 Å². The van der Waals surface area contributed by atoms with Crippen LogP contribution in [0.4, 0.5) is 18.9 Å². The van der Waals surface area contributed by atoms with Crippen molar-refractivity contribution in [1.29, 1.82) is 0 Å². The minimum atomic E-state index is -4.50. The van der Waals surface area contributed by atoms with E-state index in [0.29, 0.717) is 29.4 Å². The van der Waals surface area contributed by atoms with Crippen LogP contribution in [0, 0.1) is 11.8 Å². The summed E-state index contributed by atoms with van der Waals surface area (Å²) in [5, 5.41) is 2.52. The largest absolute Gasteiger partial charge is 0.389 e. The van der Waals surface area contributed by atoms with Crippen LogP contribution in [0.3, 0.4) is 0 Å². The average Bonchev–Trinajstić information content (AvgIpc) is 3.95. The molecule has 3 aromatic carbocycles. The second kappa shape index (κ2) is 23.0. The highest BCUT2D eigenvalue weighted by atomic mass is 19.4. The molecule has 268 valence electrons. The highest BCUT2D eigenvalue weighted by molar-refractivity contribution is 6.20. The molecule has 3 amide bonds. The molecule has 1 aliphatic heterocycles. The SMILES string of the molecule is CC.CC.CCC.NC(=O)CC(CCC(F)(F)F)C(=O)NC1N=C(c2ccccc2)c2ccccc2N(CC2CC2)C1=O.c1ccccc1.